The predicted octanol–water partition coefficient (Wildman–Crippen LogP) is 1.64. The van der Waals surface area contributed by atoms with Gasteiger partial charge in [0.15, 0.2) is 6.10 Å². The molecule has 1 atom stereocenters. The zero-order valence-electron chi connectivity index (χ0n) is 13.8. The third-order valence-electron chi connectivity index (χ3n) is 2.33. The summed E-state index contributed by atoms with van der Waals surface area (Å²) in [4.78, 5) is 40.9. The van der Waals surface area contributed by atoms with Gasteiger partial charge in [-0.05, 0) is 41.5 Å². The molecule has 0 radical (unpaired) electrons. The van der Waals surface area contributed by atoms with Gasteiger partial charge in [-0.25, -0.2) is 4.57 Å². The maximum Gasteiger partial charge on any atom is 0.469 e. The van der Waals surface area contributed by atoms with Crippen LogP contribution in [0, 0.1) is 10.8 Å². The molecule has 0 saturated heterocycles. The van der Waals surface area contributed by atoms with Gasteiger partial charge in [-0.1, -0.05) is 0 Å². The quantitative estimate of drug-likeness (QED) is 0.553. The molecule has 1 unspecified atom stereocenters. The molecule has 9 heteroatoms. The van der Waals surface area contributed by atoms with Gasteiger partial charge in [-0.15, -0.1) is 0 Å². The Morgan fingerprint density at radius 2 is 1.41 bits per heavy atom. The van der Waals surface area contributed by atoms with Crippen molar-refractivity contribution in [2.75, 3.05) is 13.2 Å². The number of phosphoric acid groups is 1. The molecule has 22 heavy (non-hydrogen) atoms. The summed E-state index contributed by atoms with van der Waals surface area (Å²) in [5.41, 5.74) is -1.56. The van der Waals surface area contributed by atoms with Crippen LogP contribution in [-0.4, -0.2) is 41.0 Å². The molecule has 0 aromatic carbocycles. The molecule has 2 N–H and O–H groups in total. The number of ether oxygens (including phenoxy) is 2. The van der Waals surface area contributed by atoms with Crippen LogP contribution in [0.5, 0.6) is 0 Å². The van der Waals surface area contributed by atoms with Crippen molar-refractivity contribution in [1.29, 1.82) is 0 Å². The minimum Gasteiger partial charge on any atom is -0.461 e. The van der Waals surface area contributed by atoms with Gasteiger partial charge in [0.1, 0.15) is 6.61 Å². The van der Waals surface area contributed by atoms with Crippen molar-refractivity contribution < 1.29 is 37.9 Å². The van der Waals surface area contributed by atoms with Crippen LogP contribution in [0.15, 0.2) is 0 Å². The fourth-order valence-corrected chi connectivity index (χ4v) is 1.37. The number of hydrogen-bond donors (Lipinski definition) is 2. The molecule has 0 aliphatic carbocycles. The third-order valence-corrected chi connectivity index (χ3v) is 2.81. The van der Waals surface area contributed by atoms with Gasteiger partial charge >= 0.3 is 19.8 Å². The molecule has 0 fully saturated rings. The Balaban J connectivity index is 4.76. The monoisotopic (exact) mass is 340 g/mol. The molecule has 0 spiro atoms. The van der Waals surface area contributed by atoms with E-state index in [1.807, 2.05) is 0 Å². The third kappa shape index (κ3) is 9.15. The Hall–Kier alpha value is -0.950. The van der Waals surface area contributed by atoms with E-state index in [-0.39, 0.29) is 6.61 Å². The SMILES string of the molecule is CC(C)(C)C(=O)OCC(COP(=O)(O)O)OC(=O)C(C)(C)C. The Morgan fingerprint density at radius 1 is 0.955 bits per heavy atom. The van der Waals surface area contributed by atoms with Gasteiger partial charge in [-0.2, -0.15) is 0 Å². The average Bonchev–Trinajstić information content (AvgIpc) is 2.28. The zero-order valence-corrected chi connectivity index (χ0v) is 14.7. The summed E-state index contributed by atoms with van der Waals surface area (Å²) >= 11 is 0. The summed E-state index contributed by atoms with van der Waals surface area (Å²) in [6.45, 7) is 8.89. The second-order valence-corrected chi connectivity index (χ2v) is 8.15. The summed E-state index contributed by atoms with van der Waals surface area (Å²) in [5.74, 6) is -1.13. The fraction of sp³-hybridized carbons (Fsp3) is 0.846. The number of hydrogen-bond acceptors (Lipinski definition) is 6. The molecule has 0 aromatic rings. The number of rotatable bonds is 6. The standard InChI is InChI=1S/C13H25O8P/c1-12(2,3)10(14)19-7-9(8-20-22(16,17)18)21-11(15)13(4,5)6/h9H,7-8H2,1-6H3,(H2,16,17,18). The van der Waals surface area contributed by atoms with Gasteiger partial charge in [0.05, 0.1) is 17.4 Å². The number of esters is 2. The van der Waals surface area contributed by atoms with Gasteiger partial charge in [0.25, 0.3) is 0 Å². The fourth-order valence-electron chi connectivity index (χ4n) is 1.01. The summed E-state index contributed by atoms with van der Waals surface area (Å²) in [7, 11) is -4.72. The normalized spacial score (nSPS) is 14.4. The maximum atomic E-state index is 11.8. The van der Waals surface area contributed by atoms with Crippen LogP contribution in [0.25, 0.3) is 0 Å². The van der Waals surface area contributed by atoms with E-state index in [1.165, 1.54) is 0 Å². The van der Waals surface area contributed by atoms with E-state index in [2.05, 4.69) is 4.52 Å². The van der Waals surface area contributed by atoms with E-state index in [4.69, 9.17) is 19.3 Å². The van der Waals surface area contributed by atoms with Crippen LogP contribution in [0.3, 0.4) is 0 Å². The molecule has 130 valence electrons. The molecule has 0 aromatic heterocycles. The van der Waals surface area contributed by atoms with Crippen LogP contribution in [0.1, 0.15) is 41.5 Å². The first kappa shape index (κ1) is 21.0. The smallest absolute Gasteiger partial charge is 0.461 e. The Bertz CT molecular complexity index is 440. The van der Waals surface area contributed by atoms with Crippen molar-refractivity contribution in [3.63, 3.8) is 0 Å². The Kier molecular flexibility index (Phi) is 7.22. The molecule has 0 saturated carbocycles. The van der Waals surface area contributed by atoms with Crippen molar-refractivity contribution >= 4 is 19.8 Å². The van der Waals surface area contributed by atoms with Crippen LogP contribution in [-0.2, 0) is 28.2 Å². The van der Waals surface area contributed by atoms with Gasteiger partial charge in [0, 0.05) is 0 Å². The van der Waals surface area contributed by atoms with Crippen molar-refractivity contribution in [3.8, 4) is 0 Å². The van der Waals surface area contributed by atoms with Crippen LogP contribution in [0.2, 0.25) is 0 Å². The summed E-state index contributed by atoms with van der Waals surface area (Å²) < 4.78 is 25.1. The molecule has 0 bridgehead atoms. The van der Waals surface area contributed by atoms with E-state index in [0.717, 1.165) is 0 Å². The van der Waals surface area contributed by atoms with Crippen LogP contribution < -0.4 is 0 Å². The second kappa shape index (κ2) is 7.55. The number of carbonyl (C=O) groups excluding carboxylic acids is 2. The minimum atomic E-state index is -4.72. The highest BCUT2D eigenvalue weighted by atomic mass is 31.2. The number of carbonyl (C=O) groups is 2. The predicted molar refractivity (Wildman–Crippen MR) is 77.7 cm³/mol. The van der Waals surface area contributed by atoms with E-state index in [1.54, 1.807) is 41.5 Å². The van der Waals surface area contributed by atoms with Gasteiger partial charge in [-0.3, -0.25) is 14.1 Å². The highest BCUT2D eigenvalue weighted by molar-refractivity contribution is 7.46. The van der Waals surface area contributed by atoms with Gasteiger partial charge in [0.2, 0.25) is 0 Å². The molecule has 0 heterocycles. The Labute approximate surface area is 130 Å². The molecule has 0 amide bonds. The first-order chi connectivity index (χ1) is 9.63. The van der Waals surface area contributed by atoms with Crippen molar-refractivity contribution in [3.05, 3.63) is 0 Å². The summed E-state index contributed by atoms with van der Waals surface area (Å²) in [6.07, 6.45) is -1.11. The van der Waals surface area contributed by atoms with Crippen LogP contribution in [0.4, 0.5) is 0 Å². The topological polar surface area (TPSA) is 119 Å². The molecule has 0 rings (SSSR count). The lowest BCUT2D eigenvalue weighted by Crippen LogP contribution is -2.35. The van der Waals surface area contributed by atoms with Crippen molar-refractivity contribution in [1.82, 2.24) is 0 Å². The lowest BCUT2D eigenvalue weighted by atomic mass is 9.97. The summed E-state index contributed by atoms with van der Waals surface area (Å²) in [5, 5.41) is 0. The highest BCUT2D eigenvalue weighted by Gasteiger charge is 2.30. The van der Waals surface area contributed by atoms with Crippen molar-refractivity contribution in [2.24, 2.45) is 10.8 Å². The van der Waals surface area contributed by atoms with E-state index in [0.29, 0.717) is 0 Å². The largest absolute Gasteiger partial charge is 0.469 e. The molecular formula is C13H25O8P. The van der Waals surface area contributed by atoms with Gasteiger partial charge < -0.3 is 19.3 Å². The van der Waals surface area contributed by atoms with E-state index >= 15 is 0 Å². The first-order valence-corrected chi connectivity index (χ1v) is 8.24. The van der Waals surface area contributed by atoms with Crippen molar-refractivity contribution in [2.45, 2.75) is 47.6 Å². The molecule has 0 aliphatic heterocycles. The minimum absolute atomic E-state index is 0.349. The maximum absolute atomic E-state index is 11.8. The van der Waals surface area contributed by atoms with E-state index in [9.17, 15) is 14.2 Å². The molecular weight excluding hydrogens is 315 g/mol. The lowest BCUT2D eigenvalue weighted by Gasteiger charge is -2.24. The average molecular weight is 340 g/mol. The lowest BCUT2D eigenvalue weighted by molar-refractivity contribution is -0.170. The van der Waals surface area contributed by atoms with Crippen LogP contribution >= 0.6 is 7.82 Å². The molecule has 8 nitrogen and oxygen atoms in total. The summed E-state index contributed by atoms with van der Waals surface area (Å²) in [6, 6.07) is 0. The number of phosphoric ester groups is 1. The second-order valence-electron chi connectivity index (χ2n) is 6.91. The van der Waals surface area contributed by atoms with E-state index < -0.39 is 43.3 Å². The Morgan fingerprint density at radius 3 is 1.77 bits per heavy atom. The molecule has 0 aliphatic rings. The zero-order chi connectivity index (χ0) is 17.8. The first-order valence-electron chi connectivity index (χ1n) is 6.71. The highest BCUT2D eigenvalue weighted by Crippen LogP contribution is 2.36.